The minimum atomic E-state index is -2.87. The molecule has 0 fully saturated rings. The number of rotatable bonds is 1. The van der Waals surface area contributed by atoms with Crippen molar-refractivity contribution in [3.63, 3.8) is 0 Å². The first kappa shape index (κ1) is 12.0. The highest BCUT2D eigenvalue weighted by atomic mass is 31.1. The van der Waals surface area contributed by atoms with Gasteiger partial charge in [0.1, 0.15) is 0 Å². The van der Waals surface area contributed by atoms with Gasteiger partial charge in [-0.2, -0.15) is 0 Å². The monoisotopic (exact) mass is 199 g/mol. The smallest absolute Gasteiger partial charge is 0.134 e. The van der Waals surface area contributed by atoms with Crippen molar-refractivity contribution in [1.82, 2.24) is 0 Å². The summed E-state index contributed by atoms with van der Waals surface area (Å²) in [4.78, 5) is 14.2. The zero-order valence-corrected chi connectivity index (χ0v) is 8.24. The Morgan fingerprint density at radius 2 is 1.69 bits per heavy atom. The molecule has 0 aliphatic heterocycles. The second kappa shape index (κ2) is 6.49. The van der Waals surface area contributed by atoms with Crippen LogP contribution in [0.5, 0.6) is 0 Å². The lowest BCUT2D eigenvalue weighted by Gasteiger charge is -1.91. The third-order valence-electron chi connectivity index (χ3n) is 1.31. The van der Waals surface area contributed by atoms with Crippen molar-refractivity contribution in [2.75, 3.05) is 0 Å². The molecule has 0 radical (unpaired) electrons. The molecule has 0 saturated carbocycles. The highest BCUT2D eigenvalue weighted by Crippen LogP contribution is 2.02. The van der Waals surface area contributed by atoms with E-state index < -0.39 is 8.25 Å². The van der Waals surface area contributed by atoms with Crippen LogP contribution in [0.3, 0.4) is 0 Å². The van der Waals surface area contributed by atoms with Gasteiger partial charge in [-0.3, -0.25) is 0 Å². The molecule has 3 nitrogen and oxygen atoms in total. The van der Waals surface area contributed by atoms with E-state index in [0.29, 0.717) is 0 Å². The Bertz CT molecular complexity index is 275. The molecule has 0 saturated heterocycles. The van der Waals surface area contributed by atoms with Gasteiger partial charge in [0.15, 0.2) is 0 Å². The van der Waals surface area contributed by atoms with Gasteiger partial charge in [-0.05, 0) is 12.5 Å². The molecular formula is C9H12O3P+. The zero-order chi connectivity index (χ0) is 10.3. The van der Waals surface area contributed by atoms with Gasteiger partial charge in [-0.15, -0.1) is 9.79 Å². The highest BCUT2D eigenvalue weighted by molar-refractivity contribution is 7.30. The molecular weight excluding hydrogens is 187 g/mol. The molecule has 1 aromatic carbocycles. The maximum Gasteiger partial charge on any atom is 0.692 e. The second-order valence-electron chi connectivity index (χ2n) is 2.37. The minimum absolute atomic E-state index is 1.18. The summed E-state index contributed by atoms with van der Waals surface area (Å²) < 4.78 is 8.70. The topological polar surface area (TPSA) is 57.5 Å². The Balaban J connectivity index is 0.000000310. The lowest BCUT2D eigenvalue weighted by molar-refractivity contribution is 0.405. The van der Waals surface area contributed by atoms with E-state index in [4.69, 9.17) is 14.4 Å². The van der Waals surface area contributed by atoms with Crippen molar-refractivity contribution >= 4 is 14.3 Å². The Hall–Kier alpha value is -1.02. The van der Waals surface area contributed by atoms with Gasteiger partial charge in [0, 0.05) is 4.57 Å². The molecule has 0 bridgehead atoms. The first-order valence-corrected chi connectivity index (χ1v) is 4.77. The van der Waals surface area contributed by atoms with Gasteiger partial charge in [-0.1, -0.05) is 42.5 Å². The summed E-state index contributed by atoms with van der Waals surface area (Å²) in [6.07, 6.45) is 1.85. The van der Waals surface area contributed by atoms with Crippen LogP contribution in [0, 0.1) is 6.92 Å². The quantitative estimate of drug-likeness (QED) is 0.682. The summed E-state index contributed by atoms with van der Waals surface area (Å²) in [6, 6.07) is 8.28. The minimum Gasteiger partial charge on any atom is -0.134 e. The number of benzene rings is 1. The lowest BCUT2D eigenvalue weighted by Crippen LogP contribution is -1.71. The number of hydrogen-bond acceptors (Lipinski definition) is 1. The van der Waals surface area contributed by atoms with E-state index in [1.807, 2.05) is 6.08 Å². The molecule has 70 valence electrons. The predicted molar refractivity (Wildman–Crippen MR) is 53.3 cm³/mol. The van der Waals surface area contributed by atoms with Crippen LogP contribution in [0.4, 0.5) is 0 Å². The summed E-state index contributed by atoms with van der Waals surface area (Å²) in [5, 5.41) is 0. The molecule has 2 N–H and O–H groups in total. The number of hydrogen-bond donors (Lipinski definition) is 2. The van der Waals surface area contributed by atoms with E-state index >= 15 is 0 Å². The van der Waals surface area contributed by atoms with Crippen LogP contribution in [0.25, 0.3) is 6.08 Å². The fraction of sp³-hybridized carbons (Fsp3) is 0.111. The van der Waals surface area contributed by atoms with E-state index in [0.717, 1.165) is 0 Å². The largest absolute Gasteiger partial charge is 0.692 e. The molecule has 0 aliphatic rings. The van der Waals surface area contributed by atoms with Crippen molar-refractivity contribution in [1.29, 1.82) is 0 Å². The first-order chi connectivity index (χ1) is 6.06. The molecule has 13 heavy (non-hydrogen) atoms. The molecule has 0 amide bonds. The lowest BCUT2D eigenvalue weighted by atomic mass is 10.2. The predicted octanol–water partition coefficient (Wildman–Crippen LogP) is 2.27. The third kappa shape index (κ3) is 7.34. The van der Waals surface area contributed by atoms with E-state index in [1.165, 1.54) is 11.1 Å². The fourth-order valence-electron chi connectivity index (χ4n) is 0.703. The Kier molecular flexibility index (Phi) is 5.98. The molecule has 0 spiro atoms. The Morgan fingerprint density at radius 1 is 1.31 bits per heavy atom. The van der Waals surface area contributed by atoms with Crippen molar-refractivity contribution < 1.29 is 14.4 Å². The van der Waals surface area contributed by atoms with Crippen molar-refractivity contribution in [3.05, 3.63) is 42.0 Å². The SMILES string of the molecule is C=Cc1ccc(C)cc1.O=[P+](O)O. The highest BCUT2D eigenvalue weighted by Gasteiger charge is 1.93. The van der Waals surface area contributed by atoms with E-state index in [-0.39, 0.29) is 0 Å². The molecule has 1 aromatic rings. The average Bonchev–Trinajstić information content (AvgIpc) is 2.05. The summed E-state index contributed by atoms with van der Waals surface area (Å²) >= 11 is 0. The van der Waals surface area contributed by atoms with Crippen LogP contribution < -0.4 is 0 Å². The maximum atomic E-state index is 8.70. The van der Waals surface area contributed by atoms with Crippen molar-refractivity contribution in [3.8, 4) is 0 Å². The summed E-state index contributed by atoms with van der Waals surface area (Å²) in [5.41, 5.74) is 2.47. The average molecular weight is 199 g/mol. The molecule has 1 rings (SSSR count). The molecule has 0 aromatic heterocycles. The zero-order valence-electron chi connectivity index (χ0n) is 7.34. The Morgan fingerprint density at radius 3 is 2.00 bits per heavy atom. The van der Waals surface area contributed by atoms with Crippen LogP contribution in [0.15, 0.2) is 30.8 Å². The van der Waals surface area contributed by atoms with Gasteiger partial charge in [0.2, 0.25) is 0 Å². The van der Waals surface area contributed by atoms with Gasteiger partial charge < -0.3 is 0 Å². The van der Waals surface area contributed by atoms with E-state index in [2.05, 4.69) is 37.8 Å². The van der Waals surface area contributed by atoms with Crippen molar-refractivity contribution in [2.24, 2.45) is 0 Å². The van der Waals surface area contributed by atoms with Gasteiger partial charge >= 0.3 is 8.25 Å². The van der Waals surface area contributed by atoms with Crippen LogP contribution in [0.2, 0.25) is 0 Å². The second-order valence-corrected chi connectivity index (χ2v) is 2.87. The van der Waals surface area contributed by atoms with E-state index in [1.54, 1.807) is 0 Å². The van der Waals surface area contributed by atoms with Gasteiger partial charge in [0.05, 0.1) is 0 Å². The van der Waals surface area contributed by atoms with Gasteiger partial charge in [-0.25, -0.2) is 0 Å². The van der Waals surface area contributed by atoms with Crippen LogP contribution in [0.1, 0.15) is 11.1 Å². The summed E-state index contributed by atoms with van der Waals surface area (Å²) in [7, 11) is -2.87. The summed E-state index contributed by atoms with van der Waals surface area (Å²) in [5.74, 6) is 0. The Labute approximate surface area is 78.3 Å². The van der Waals surface area contributed by atoms with Crippen LogP contribution >= 0.6 is 8.25 Å². The number of aryl methyl sites for hydroxylation is 1. The molecule has 0 unspecified atom stereocenters. The van der Waals surface area contributed by atoms with Crippen LogP contribution in [-0.4, -0.2) is 9.79 Å². The van der Waals surface area contributed by atoms with E-state index in [9.17, 15) is 0 Å². The summed E-state index contributed by atoms with van der Waals surface area (Å²) in [6.45, 7) is 5.74. The molecule has 4 heteroatoms. The molecule has 0 heterocycles. The normalized spacial score (nSPS) is 8.23. The van der Waals surface area contributed by atoms with Crippen molar-refractivity contribution in [2.45, 2.75) is 6.92 Å². The van der Waals surface area contributed by atoms with Crippen LogP contribution in [-0.2, 0) is 4.57 Å². The van der Waals surface area contributed by atoms with Gasteiger partial charge in [0.25, 0.3) is 0 Å². The molecule has 0 aliphatic carbocycles. The third-order valence-corrected chi connectivity index (χ3v) is 1.31. The maximum absolute atomic E-state index is 8.70. The molecule has 0 atom stereocenters. The standard InChI is InChI=1S/C9H10.HO3P/c1-3-9-6-4-8(2)5-7-9;1-4(2)3/h3-7H,1H2,2H3;(H-,1,2,3)/p+1. The first-order valence-electron chi connectivity index (χ1n) is 3.60. The fourth-order valence-corrected chi connectivity index (χ4v) is 0.703.